The van der Waals surface area contributed by atoms with Gasteiger partial charge in [-0.15, -0.1) is 0 Å². The largest absolute Gasteiger partial charge is 0.458 e. The van der Waals surface area contributed by atoms with Crippen molar-refractivity contribution in [3.8, 4) is 39.7 Å². The summed E-state index contributed by atoms with van der Waals surface area (Å²) in [5.74, 6) is -2.19. The van der Waals surface area contributed by atoms with Gasteiger partial charge in [0.15, 0.2) is 5.75 Å². The van der Waals surface area contributed by atoms with Gasteiger partial charge < -0.3 is 20.2 Å². The van der Waals surface area contributed by atoms with Crippen LogP contribution in [0.1, 0.15) is 23.5 Å². The molecule has 1 atom stereocenters. The number of halogens is 2. The molecule has 0 saturated carbocycles. The number of fused-ring (bicyclic) bond motifs is 6. The average Bonchev–Trinajstić information content (AvgIpc) is 3.63. The highest BCUT2D eigenvalue weighted by atomic mass is 32.2. The molecule has 2 amide bonds. The summed E-state index contributed by atoms with van der Waals surface area (Å²) in [6, 6.07) is 17.5. The first-order chi connectivity index (χ1) is 22.5. The number of carbonyl (C=O) groups excluding carboxylic acids is 2. The normalized spacial score (nSPS) is 14.0. The monoisotopic (exact) mass is 657 g/mol. The molecule has 11 nitrogen and oxygen atoms in total. The van der Waals surface area contributed by atoms with Gasteiger partial charge in [0.2, 0.25) is 10.0 Å². The summed E-state index contributed by atoms with van der Waals surface area (Å²) < 4.78 is 70.3. The van der Waals surface area contributed by atoms with Crippen LogP contribution >= 0.6 is 0 Å². The second-order valence-corrected chi connectivity index (χ2v) is 12.8. The number of aromatic nitrogens is 2. The van der Waals surface area contributed by atoms with Crippen LogP contribution in [0, 0.1) is 11.6 Å². The van der Waals surface area contributed by atoms with Crippen LogP contribution in [0.2, 0.25) is 0 Å². The maximum absolute atomic E-state index is 14.9. The molecule has 3 aromatic carbocycles. The quantitative estimate of drug-likeness (QED) is 0.203. The highest BCUT2D eigenvalue weighted by Crippen LogP contribution is 2.44. The number of sulfonamides is 1. The number of hydrogen-bond acceptors (Lipinski definition) is 7. The minimum atomic E-state index is -3.82. The first-order valence-electron chi connectivity index (χ1n) is 14.4. The number of anilines is 1. The molecule has 6 aromatic rings. The Bertz CT molecular complexity index is 2390. The highest BCUT2D eigenvalue weighted by Gasteiger charge is 2.33. The van der Waals surface area contributed by atoms with Crippen molar-refractivity contribution in [1.82, 2.24) is 14.9 Å². The Hall–Kier alpha value is -5.76. The van der Waals surface area contributed by atoms with Crippen molar-refractivity contribution in [3.63, 3.8) is 0 Å². The van der Waals surface area contributed by atoms with E-state index in [-0.39, 0.29) is 56.4 Å². The molecule has 47 heavy (non-hydrogen) atoms. The molecule has 0 saturated heterocycles. The van der Waals surface area contributed by atoms with E-state index in [1.165, 1.54) is 67.1 Å². The van der Waals surface area contributed by atoms with E-state index < -0.39 is 39.7 Å². The molecule has 1 unspecified atom stereocenters. The molecular formula is C33H25F2N5O6S. The zero-order valence-electron chi connectivity index (χ0n) is 24.8. The van der Waals surface area contributed by atoms with Crippen molar-refractivity contribution >= 4 is 49.4 Å². The third-order valence-corrected chi connectivity index (χ3v) is 9.25. The molecule has 4 heterocycles. The molecule has 0 spiro atoms. The zero-order valence-corrected chi connectivity index (χ0v) is 25.6. The fourth-order valence-electron chi connectivity index (χ4n) is 5.72. The molecule has 0 fully saturated rings. The predicted octanol–water partition coefficient (Wildman–Crippen LogP) is 5.56. The number of rotatable bonds is 7. The molecule has 0 radical (unpaired) electrons. The van der Waals surface area contributed by atoms with Crippen molar-refractivity contribution in [1.29, 1.82) is 0 Å². The van der Waals surface area contributed by atoms with Crippen molar-refractivity contribution in [3.05, 3.63) is 90.0 Å². The van der Waals surface area contributed by atoms with Gasteiger partial charge in [-0.1, -0.05) is 6.07 Å². The first kappa shape index (κ1) is 29.9. The van der Waals surface area contributed by atoms with E-state index in [1.807, 2.05) is 0 Å². The SMILES string of the molecule is CCS(=O)(=O)Nc1cc2oc(-c3ccc(F)cc3)c(C(=O)NC)c2cc1-c1ccc2c(n1)-c1cc3c(F)cccc3n1C(C(N)=O)O2. The van der Waals surface area contributed by atoms with Crippen LogP contribution < -0.4 is 20.5 Å². The number of nitrogens with zero attached hydrogens (tertiary/aromatic N) is 2. The number of pyridine rings is 1. The molecular weight excluding hydrogens is 632 g/mol. The molecule has 1 aliphatic heterocycles. The van der Waals surface area contributed by atoms with E-state index in [9.17, 15) is 26.8 Å². The Kier molecular flexibility index (Phi) is 6.97. The topological polar surface area (TPSA) is 159 Å². The number of hydrogen-bond donors (Lipinski definition) is 3. The third kappa shape index (κ3) is 4.93. The standard InChI is InChI=1S/C33H25F2N5O6S/c1-3-47(43,44)39-23-15-27-20(28(32(42)37-2)30(45-27)16-7-9-17(34)10-8-16)13-19(23)22-11-12-26-29(38-22)25-14-18-21(35)5-4-6-24(18)40(25)33(46-26)31(36)41/h4-15,33,39H,3H2,1-2H3,(H2,36,41)(H,37,42). The number of benzene rings is 3. The van der Waals surface area contributed by atoms with Crippen molar-refractivity contribution in [2.24, 2.45) is 5.73 Å². The molecule has 0 aliphatic carbocycles. The number of amides is 2. The first-order valence-corrected chi connectivity index (χ1v) is 16.0. The van der Waals surface area contributed by atoms with Gasteiger partial charge >= 0.3 is 0 Å². The van der Waals surface area contributed by atoms with Gasteiger partial charge in [0, 0.05) is 35.0 Å². The molecule has 238 valence electrons. The number of nitrogens with one attached hydrogen (secondary N) is 2. The van der Waals surface area contributed by atoms with Crippen molar-refractivity contribution < 1.29 is 35.9 Å². The van der Waals surface area contributed by atoms with Gasteiger partial charge in [0.1, 0.15) is 28.7 Å². The van der Waals surface area contributed by atoms with E-state index in [1.54, 1.807) is 24.3 Å². The summed E-state index contributed by atoms with van der Waals surface area (Å²) in [5.41, 5.74) is 8.01. The maximum Gasteiger partial charge on any atom is 0.280 e. The minimum absolute atomic E-state index is 0.105. The lowest BCUT2D eigenvalue weighted by Crippen LogP contribution is -2.33. The van der Waals surface area contributed by atoms with Crippen LogP contribution in [0.3, 0.4) is 0 Å². The lowest BCUT2D eigenvalue weighted by Gasteiger charge is -2.27. The van der Waals surface area contributed by atoms with Gasteiger partial charge in [-0.2, -0.15) is 0 Å². The van der Waals surface area contributed by atoms with E-state index in [2.05, 4.69) is 10.0 Å². The van der Waals surface area contributed by atoms with Crippen LogP contribution in [0.25, 0.3) is 55.8 Å². The molecule has 7 rings (SSSR count). The van der Waals surface area contributed by atoms with E-state index >= 15 is 0 Å². The summed E-state index contributed by atoms with van der Waals surface area (Å²) in [4.78, 5) is 30.5. The van der Waals surface area contributed by atoms with Gasteiger partial charge in [-0.05, 0) is 67.6 Å². The Labute approximate surface area is 266 Å². The van der Waals surface area contributed by atoms with E-state index in [4.69, 9.17) is 19.9 Å². The van der Waals surface area contributed by atoms with Gasteiger partial charge in [-0.25, -0.2) is 22.2 Å². The van der Waals surface area contributed by atoms with E-state index in [0.717, 1.165) is 0 Å². The van der Waals surface area contributed by atoms with Crippen LogP contribution in [-0.2, 0) is 14.8 Å². The average molecular weight is 658 g/mol. The van der Waals surface area contributed by atoms with E-state index in [0.29, 0.717) is 22.2 Å². The summed E-state index contributed by atoms with van der Waals surface area (Å²) in [5, 5.41) is 3.15. The lowest BCUT2D eigenvalue weighted by atomic mass is 10.0. The summed E-state index contributed by atoms with van der Waals surface area (Å²) >= 11 is 0. The number of primary amides is 1. The van der Waals surface area contributed by atoms with Crippen LogP contribution in [0.4, 0.5) is 14.5 Å². The fourth-order valence-corrected chi connectivity index (χ4v) is 6.37. The molecule has 4 N–H and O–H groups in total. The van der Waals surface area contributed by atoms with Crippen LogP contribution in [0.15, 0.2) is 77.2 Å². The van der Waals surface area contributed by atoms with Gasteiger partial charge in [0.25, 0.3) is 18.0 Å². The van der Waals surface area contributed by atoms with Crippen LogP contribution in [-0.4, -0.2) is 42.6 Å². The molecule has 3 aromatic heterocycles. The molecule has 1 aliphatic rings. The second kappa shape index (κ2) is 10.9. The predicted molar refractivity (Wildman–Crippen MR) is 171 cm³/mol. The summed E-state index contributed by atoms with van der Waals surface area (Å²) in [6.45, 7) is 1.48. The Morgan fingerprint density at radius 1 is 1.02 bits per heavy atom. The lowest BCUT2D eigenvalue weighted by molar-refractivity contribution is -0.128. The Balaban J connectivity index is 1.49. The van der Waals surface area contributed by atoms with Gasteiger partial charge in [0.05, 0.1) is 33.9 Å². The number of ether oxygens (including phenoxy) is 1. The van der Waals surface area contributed by atoms with Crippen LogP contribution in [0.5, 0.6) is 5.75 Å². The number of carbonyl (C=O) groups is 2. The van der Waals surface area contributed by atoms with Gasteiger partial charge in [-0.3, -0.25) is 18.9 Å². The van der Waals surface area contributed by atoms with Crippen molar-refractivity contribution in [2.75, 3.05) is 17.5 Å². The number of furan rings is 1. The summed E-state index contributed by atoms with van der Waals surface area (Å²) in [7, 11) is -2.37. The highest BCUT2D eigenvalue weighted by molar-refractivity contribution is 7.92. The smallest absolute Gasteiger partial charge is 0.280 e. The number of nitrogens with two attached hydrogens (primary N) is 1. The fraction of sp³-hybridized carbons (Fsp3) is 0.121. The molecule has 14 heteroatoms. The summed E-state index contributed by atoms with van der Waals surface area (Å²) in [6.07, 6.45) is -1.28. The Morgan fingerprint density at radius 3 is 2.49 bits per heavy atom. The second-order valence-electron chi connectivity index (χ2n) is 10.8. The zero-order chi connectivity index (χ0) is 33.2. The molecule has 0 bridgehead atoms. The van der Waals surface area contributed by atoms with Crippen molar-refractivity contribution in [2.45, 2.75) is 13.2 Å². The maximum atomic E-state index is 14.9. The minimum Gasteiger partial charge on any atom is -0.458 e. The Morgan fingerprint density at radius 2 is 1.79 bits per heavy atom. The third-order valence-electron chi connectivity index (χ3n) is 7.96.